The average molecular weight is 386 g/mol. The van der Waals surface area contributed by atoms with Gasteiger partial charge in [-0.25, -0.2) is 0 Å². The molecule has 1 fully saturated rings. The Morgan fingerprint density at radius 3 is 1.64 bits per heavy atom. The van der Waals surface area contributed by atoms with Crippen molar-refractivity contribution in [1.82, 2.24) is 0 Å². The van der Waals surface area contributed by atoms with Crippen molar-refractivity contribution >= 4 is 12.2 Å². The van der Waals surface area contributed by atoms with Crippen LogP contribution in [0.25, 0.3) is 12.2 Å². The van der Waals surface area contributed by atoms with Crippen molar-refractivity contribution in [1.29, 1.82) is 0 Å². The molecule has 0 N–H and O–H groups in total. The largest absolute Gasteiger partial charge is 1.00 e. The second-order valence-electron chi connectivity index (χ2n) is 6.66. The molecule has 0 nitrogen and oxygen atoms in total. The number of allylic oxidation sites excluding steroid dienone is 2. The molecule has 2 unspecified atom stereocenters. The van der Waals surface area contributed by atoms with Crippen molar-refractivity contribution in [2.24, 2.45) is 0 Å². The molecule has 0 spiro atoms. The molecule has 1 saturated heterocycles. The Labute approximate surface area is 144 Å². The minimum Gasteiger partial charge on any atom is -1.00 e. The first-order valence-electron chi connectivity index (χ1n) is 7.93. The van der Waals surface area contributed by atoms with Crippen molar-refractivity contribution in [3.05, 3.63) is 82.9 Å². The van der Waals surface area contributed by atoms with E-state index in [0.717, 1.165) is 7.25 Å². The molecule has 0 radical (unpaired) electrons. The van der Waals surface area contributed by atoms with Crippen molar-refractivity contribution in [2.45, 2.75) is 15.5 Å². The maximum atomic E-state index is 2.54. The van der Waals surface area contributed by atoms with Gasteiger partial charge in [0.1, 0.15) is 0 Å². The van der Waals surface area contributed by atoms with Crippen molar-refractivity contribution in [3.8, 4) is 0 Å². The Balaban J connectivity index is 0.000000781. The minimum atomic E-state index is -2.13. The average Bonchev–Trinajstić information content (AvgIpc) is 3.03. The SMILES string of the molecule is C1=C[CH]([Zr]2([CH]3C=Cc4ccccc43)[CH2][CH2]2)c2ccccc21.[Cl-].[H-]. The predicted molar refractivity (Wildman–Crippen MR) is 87.2 cm³/mol. The number of rotatable bonds is 2. The Kier molecular flexibility index (Phi) is 3.55. The fraction of sp³-hybridized carbons (Fsp3) is 0.200. The third-order valence-electron chi connectivity index (χ3n) is 5.66. The number of halogens is 1. The van der Waals surface area contributed by atoms with E-state index in [1.807, 2.05) is 0 Å². The standard InChI is InChI=1S/2C9H7.C2H4.ClH.Zr.H/c2*1-2-5-9-7-3-6-8(9)4-1;1-2;;;/h2*1-7H;1-2H2;1H;;/q;;;;;-1/p-1. The van der Waals surface area contributed by atoms with Crippen LogP contribution in [0.4, 0.5) is 0 Å². The van der Waals surface area contributed by atoms with Crippen molar-refractivity contribution in [3.63, 3.8) is 0 Å². The maximum absolute atomic E-state index is 2.54. The fourth-order valence-corrected chi connectivity index (χ4v) is 20.1. The van der Waals surface area contributed by atoms with Gasteiger partial charge in [-0.3, -0.25) is 0 Å². The summed E-state index contributed by atoms with van der Waals surface area (Å²) in [5, 5.41) is 0. The van der Waals surface area contributed by atoms with E-state index < -0.39 is 20.3 Å². The molecule has 22 heavy (non-hydrogen) atoms. The third kappa shape index (κ3) is 1.99. The van der Waals surface area contributed by atoms with Crippen molar-refractivity contribution in [2.75, 3.05) is 0 Å². The van der Waals surface area contributed by atoms with Gasteiger partial charge in [0.15, 0.2) is 0 Å². The molecule has 2 aromatic carbocycles. The molecule has 2 atom stereocenters. The normalized spacial score (nSPS) is 25.5. The van der Waals surface area contributed by atoms with Crippen LogP contribution in [-0.2, 0) is 20.3 Å². The van der Waals surface area contributed by atoms with E-state index in [-0.39, 0.29) is 13.8 Å². The zero-order valence-corrected chi connectivity index (χ0v) is 15.6. The Hall–Kier alpha value is -0.907. The number of hydrogen-bond donors (Lipinski definition) is 0. The molecule has 0 bridgehead atoms. The van der Waals surface area contributed by atoms with Gasteiger partial charge in [0.05, 0.1) is 0 Å². The summed E-state index contributed by atoms with van der Waals surface area (Å²) in [4.78, 5) is 0. The van der Waals surface area contributed by atoms with Crippen LogP contribution in [0.5, 0.6) is 0 Å². The van der Waals surface area contributed by atoms with Crippen LogP contribution in [0.1, 0.15) is 30.9 Å². The van der Waals surface area contributed by atoms with Crippen LogP contribution in [0.2, 0.25) is 8.26 Å². The summed E-state index contributed by atoms with van der Waals surface area (Å²) < 4.78 is 4.72. The summed E-state index contributed by atoms with van der Waals surface area (Å²) in [6, 6.07) is 18.1. The summed E-state index contributed by atoms with van der Waals surface area (Å²) in [6.07, 6.45) is 9.84. The van der Waals surface area contributed by atoms with Gasteiger partial charge >= 0.3 is 131 Å². The summed E-state index contributed by atoms with van der Waals surface area (Å²) in [5.74, 6) is 0. The van der Waals surface area contributed by atoms with E-state index in [2.05, 4.69) is 72.8 Å². The monoisotopic (exact) mass is 384 g/mol. The molecule has 2 aliphatic carbocycles. The molecular weight excluding hydrogens is 367 g/mol. The minimum absolute atomic E-state index is 0. The zero-order chi connectivity index (χ0) is 13.9. The van der Waals surface area contributed by atoms with Gasteiger partial charge in [-0.1, -0.05) is 0 Å². The second-order valence-corrected chi connectivity index (χ2v) is 18.2. The van der Waals surface area contributed by atoms with Crippen LogP contribution in [0, 0.1) is 0 Å². The Morgan fingerprint density at radius 1 is 0.727 bits per heavy atom. The first-order valence-corrected chi connectivity index (χ1v) is 14.2. The summed E-state index contributed by atoms with van der Waals surface area (Å²) in [6.45, 7) is 0. The van der Waals surface area contributed by atoms with Crippen LogP contribution in [-0.4, -0.2) is 0 Å². The quantitative estimate of drug-likeness (QED) is 0.745. The predicted octanol–water partition coefficient (Wildman–Crippen LogP) is 2.64. The van der Waals surface area contributed by atoms with Crippen LogP contribution >= 0.6 is 0 Å². The molecular formula is C20H19ClZr-2. The van der Waals surface area contributed by atoms with Crippen molar-refractivity contribution < 1.29 is 34.1 Å². The molecule has 2 heteroatoms. The van der Waals surface area contributed by atoms with E-state index >= 15 is 0 Å². The Bertz CT molecular complexity index is 728. The van der Waals surface area contributed by atoms with Gasteiger partial charge in [-0.05, 0) is 0 Å². The molecule has 0 aromatic heterocycles. The smallest absolute Gasteiger partial charge is 1.00 e. The van der Waals surface area contributed by atoms with Gasteiger partial charge in [-0.2, -0.15) is 0 Å². The molecule has 5 rings (SSSR count). The molecule has 0 amide bonds. The zero-order valence-electron chi connectivity index (χ0n) is 13.4. The molecule has 1 heterocycles. The third-order valence-corrected chi connectivity index (χ3v) is 18.3. The van der Waals surface area contributed by atoms with Gasteiger partial charge in [0.2, 0.25) is 0 Å². The van der Waals surface area contributed by atoms with E-state index in [0.29, 0.717) is 0 Å². The van der Waals surface area contributed by atoms with Crippen LogP contribution in [0.15, 0.2) is 60.7 Å². The second kappa shape index (κ2) is 5.32. The Morgan fingerprint density at radius 2 is 1.18 bits per heavy atom. The van der Waals surface area contributed by atoms with Crippen LogP contribution < -0.4 is 12.4 Å². The maximum Gasteiger partial charge on any atom is -1.00 e. The molecule has 0 saturated carbocycles. The van der Waals surface area contributed by atoms with Crippen LogP contribution in [0.3, 0.4) is 0 Å². The number of benzene rings is 2. The first kappa shape index (κ1) is 14.7. The molecule has 2 aromatic rings. The van der Waals surface area contributed by atoms with Gasteiger partial charge in [0, 0.05) is 0 Å². The summed E-state index contributed by atoms with van der Waals surface area (Å²) >= 11 is -2.13. The van der Waals surface area contributed by atoms with E-state index in [4.69, 9.17) is 0 Å². The number of hydrogen-bond acceptors (Lipinski definition) is 0. The first-order chi connectivity index (χ1) is 10.4. The van der Waals surface area contributed by atoms with E-state index in [9.17, 15) is 0 Å². The fourth-order valence-electron chi connectivity index (χ4n) is 4.46. The number of fused-ring (bicyclic) bond motifs is 2. The van der Waals surface area contributed by atoms with Gasteiger partial charge in [-0.15, -0.1) is 0 Å². The summed E-state index contributed by atoms with van der Waals surface area (Å²) in [5.41, 5.74) is 6.20. The molecule has 1 aliphatic heterocycles. The molecule has 3 aliphatic rings. The van der Waals surface area contributed by atoms with E-state index in [1.165, 1.54) is 11.1 Å². The van der Waals surface area contributed by atoms with E-state index in [1.54, 1.807) is 19.4 Å². The molecule has 112 valence electrons. The topological polar surface area (TPSA) is 0 Å². The van der Waals surface area contributed by atoms with Gasteiger partial charge < -0.3 is 13.8 Å². The van der Waals surface area contributed by atoms with Gasteiger partial charge in [0.25, 0.3) is 0 Å². The summed E-state index contributed by atoms with van der Waals surface area (Å²) in [7, 11) is 0.